The van der Waals surface area contributed by atoms with Gasteiger partial charge in [0, 0.05) is 24.5 Å². The smallest absolute Gasteiger partial charge is 0.271 e. The van der Waals surface area contributed by atoms with Crippen molar-refractivity contribution in [3.05, 3.63) is 59.8 Å². The van der Waals surface area contributed by atoms with E-state index in [1.807, 2.05) is 47.0 Å². The first-order chi connectivity index (χ1) is 15.9. The van der Waals surface area contributed by atoms with Crippen LogP contribution in [0.4, 0.5) is 0 Å². The van der Waals surface area contributed by atoms with Crippen molar-refractivity contribution in [1.82, 2.24) is 20.1 Å². The summed E-state index contributed by atoms with van der Waals surface area (Å²) in [6.45, 7) is 2.29. The molecule has 0 fully saturated rings. The molecule has 1 unspecified atom stereocenters. The third-order valence-corrected chi connectivity index (χ3v) is 6.37. The van der Waals surface area contributed by atoms with Crippen LogP contribution in [0.2, 0.25) is 0 Å². The number of nitrogens with one attached hydrogen (secondary N) is 2. The Balaban J connectivity index is 1.23. The lowest BCUT2D eigenvalue weighted by Crippen LogP contribution is -2.63. The van der Waals surface area contributed by atoms with Crippen LogP contribution in [0.15, 0.2) is 48.5 Å². The molecule has 9 nitrogen and oxygen atoms in total. The van der Waals surface area contributed by atoms with Gasteiger partial charge in [0.2, 0.25) is 18.6 Å². The number of ether oxygens (including phenoxy) is 2. The van der Waals surface area contributed by atoms with E-state index in [0.717, 1.165) is 16.5 Å². The number of carbonyl (C=O) groups excluding carboxylic acids is 3. The van der Waals surface area contributed by atoms with Crippen molar-refractivity contribution in [3.63, 3.8) is 0 Å². The summed E-state index contributed by atoms with van der Waals surface area (Å²) in [5.74, 6) is 0.365. The molecule has 2 aliphatic rings. The lowest BCUT2D eigenvalue weighted by Gasteiger charge is -2.41. The van der Waals surface area contributed by atoms with Crippen LogP contribution in [0.5, 0.6) is 11.5 Å². The highest BCUT2D eigenvalue weighted by Crippen LogP contribution is 2.33. The molecule has 0 saturated carbocycles. The molecular weight excluding hydrogens is 424 g/mol. The van der Waals surface area contributed by atoms with Gasteiger partial charge >= 0.3 is 0 Å². The van der Waals surface area contributed by atoms with Gasteiger partial charge in [-0.15, -0.1) is 0 Å². The predicted molar refractivity (Wildman–Crippen MR) is 120 cm³/mol. The highest BCUT2D eigenvalue weighted by atomic mass is 16.7. The van der Waals surface area contributed by atoms with Crippen LogP contribution in [0, 0.1) is 0 Å². The minimum Gasteiger partial charge on any atom is -0.454 e. The Hall–Kier alpha value is -4.01. The molecule has 0 aliphatic carbocycles. The monoisotopic (exact) mass is 448 g/mol. The van der Waals surface area contributed by atoms with E-state index in [0.29, 0.717) is 30.3 Å². The highest BCUT2D eigenvalue weighted by molar-refractivity contribution is 6.03. The van der Waals surface area contributed by atoms with E-state index in [-0.39, 0.29) is 31.1 Å². The van der Waals surface area contributed by atoms with Crippen molar-refractivity contribution < 1.29 is 23.9 Å². The Bertz CT molecular complexity index is 1280. The molecule has 2 aliphatic heterocycles. The van der Waals surface area contributed by atoms with Crippen molar-refractivity contribution in [2.75, 3.05) is 20.4 Å². The third-order valence-electron chi connectivity index (χ3n) is 6.37. The zero-order valence-corrected chi connectivity index (χ0v) is 18.4. The maximum Gasteiger partial charge on any atom is 0.271 e. The van der Waals surface area contributed by atoms with Crippen LogP contribution in [-0.2, 0) is 22.7 Å². The second kappa shape index (κ2) is 7.84. The lowest BCUT2D eigenvalue weighted by molar-refractivity contribution is -0.134. The molecule has 9 heteroatoms. The summed E-state index contributed by atoms with van der Waals surface area (Å²) in [6.07, 6.45) is 0. The SMILES string of the molecule is CN1C(=O)c2cc3ccccc3n2CC1(C)C(=O)NCC(=O)NCc1ccc2c(c1)OCO2. The van der Waals surface area contributed by atoms with E-state index in [2.05, 4.69) is 10.6 Å². The minimum absolute atomic E-state index is 0.188. The summed E-state index contributed by atoms with van der Waals surface area (Å²) in [5, 5.41) is 6.42. The molecule has 1 aromatic heterocycles. The van der Waals surface area contributed by atoms with Crippen molar-refractivity contribution in [2.45, 2.75) is 25.6 Å². The number of benzene rings is 2. The molecule has 3 amide bonds. The molecule has 0 spiro atoms. The zero-order valence-electron chi connectivity index (χ0n) is 18.4. The Kier molecular flexibility index (Phi) is 4.96. The summed E-state index contributed by atoms with van der Waals surface area (Å²) in [5.41, 5.74) is 1.17. The van der Waals surface area contributed by atoms with E-state index >= 15 is 0 Å². The van der Waals surface area contributed by atoms with Gasteiger partial charge in [-0.1, -0.05) is 24.3 Å². The number of nitrogens with zero attached hydrogens (tertiary/aromatic N) is 2. The fraction of sp³-hybridized carbons (Fsp3) is 0.292. The highest BCUT2D eigenvalue weighted by Gasteiger charge is 2.45. The largest absolute Gasteiger partial charge is 0.454 e. The van der Waals surface area contributed by atoms with E-state index in [9.17, 15) is 14.4 Å². The maximum absolute atomic E-state index is 13.1. The van der Waals surface area contributed by atoms with Gasteiger partial charge in [-0.2, -0.15) is 0 Å². The number of likely N-dealkylation sites (N-methyl/N-ethyl adjacent to an activating group) is 1. The number of aromatic nitrogens is 1. The fourth-order valence-electron chi connectivity index (χ4n) is 4.26. The number of para-hydroxylation sites is 1. The average molecular weight is 448 g/mol. The number of fused-ring (bicyclic) bond motifs is 4. The molecule has 33 heavy (non-hydrogen) atoms. The summed E-state index contributed by atoms with van der Waals surface area (Å²) in [7, 11) is 1.61. The van der Waals surface area contributed by atoms with Gasteiger partial charge in [-0.25, -0.2) is 0 Å². The van der Waals surface area contributed by atoms with Gasteiger partial charge in [0.1, 0.15) is 11.2 Å². The summed E-state index contributed by atoms with van der Waals surface area (Å²) < 4.78 is 12.5. The van der Waals surface area contributed by atoms with Gasteiger partial charge in [-0.3, -0.25) is 14.4 Å². The molecule has 5 rings (SSSR count). The number of amides is 3. The fourth-order valence-corrected chi connectivity index (χ4v) is 4.26. The van der Waals surface area contributed by atoms with Crippen molar-refractivity contribution in [1.29, 1.82) is 0 Å². The first-order valence-corrected chi connectivity index (χ1v) is 10.7. The second-order valence-electron chi connectivity index (χ2n) is 8.46. The molecule has 170 valence electrons. The maximum atomic E-state index is 13.1. The molecule has 0 radical (unpaired) electrons. The summed E-state index contributed by atoms with van der Waals surface area (Å²) >= 11 is 0. The molecule has 2 aromatic carbocycles. The molecule has 3 heterocycles. The quantitative estimate of drug-likeness (QED) is 0.618. The van der Waals surface area contributed by atoms with Crippen LogP contribution in [-0.4, -0.2) is 53.1 Å². The molecule has 2 N–H and O–H groups in total. The first kappa shape index (κ1) is 20.9. The average Bonchev–Trinajstić information content (AvgIpc) is 3.44. The molecule has 0 saturated heterocycles. The zero-order chi connectivity index (χ0) is 23.2. The Morgan fingerprint density at radius 1 is 1.06 bits per heavy atom. The van der Waals surface area contributed by atoms with Crippen LogP contribution < -0.4 is 20.1 Å². The van der Waals surface area contributed by atoms with Crippen LogP contribution >= 0.6 is 0 Å². The van der Waals surface area contributed by atoms with Crippen LogP contribution in [0.1, 0.15) is 23.0 Å². The number of hydrogen-bond acceptors (Lipinski definition) is 5. The van der Waals surface area contributed by atoms with Crippen LogP contribution in [0.25, 0.3) is 10.9 Å². The predicted octanol–water partition coefficient (Wildman–Crippen LogP) is 1.65. The van der Waals surface area contributed by atoms with E-state index in [4.69, 9.17) is 9.47 Å². The lowest BCUT2D eigenvalue weighted by atomic mass is 9.95. The van der Waals surface area contributed by atoms with Gasteiger partial charge in [0.05, 0.1) is 13.1 Å². The first-order valence-electron chi connectivity index (χ1n) is 10.7. The molecule has 3 aromatic rings. The molecular formula is C24H24N4O5. The standard InChI is InChI=1S/C24H24N4O5/c1-24(13-28-17-6-4-3-5-16(17)10-18(28)22(30)27(24)2)23(31)26-12-21(29)25-11-15-7-8-19-20(9-15)33-14-32-19/h3-10H,11-14H2,1-2H3,(H,25,29)(H,26,31). The number of rotatable bonds is 5. The number of hydrogen-bond donors (Lipinski definition) is 2. The van der Waals surface area contributed by atoms with Crippen molar-refractivity contribution >= 4 is 28.6 Å². The number of carbonyl (C=O) groups is 3. The van der Waals surface area contributed by atoms with E-state index in [1.165, 1.54) is 4.90 Å². The Morgan fingerprint density at radius 2 is 1.85 bits per heavy atom. The molecule has 0 bridgehead atoms. The van der Waals surface area contributed by atoms with Crippen molar-refractivity contribution in [2.24, 2.45) is 0 Å². The summed E-state index contributed by atoms with van der Waals surface area (Å²) in [4.78, 5) is 39.9. The second-order valence-corrected chi connectivity index (χ2v) is 8.46. The van der Waals surface area contributed by atoms with Crippen LogP contribution in [0.3, 0.4) is 0 Å². The van der Waals surface area contributed by atoms with Gasteiger partial charge < -0.3 is 29.6 Å². The third kappa shape index (κ3) is 3.55. The van der Waals surface area contributed by atoms with Gasteiger partial charge in [0.25, 0.3) is 5.91 Å². The van der Waals surface area contributed by atoms with E-state index in [1.54, 1.807) is 20.0 Å². The van der Waals surface area contributed by atoms with E-state index < -0.39 is 5.54 Å². The normalized spacial score (nSPS) is 18.8. The topological polar surface area (TPSA) is 102 Å². The Labute approximate surface area is 190 Å². The Morgan fingerprint density at radius 3 is 2.70 bits per heavy atom. The molecule has 1 atom stereocenters. The van der Waals surface area contributed by atoms with Crippen molar-refractivity contribution in [3.8, 4) is 11.5 Å². The summed E-state index contributed by atoms with van der Waals surface area (Å²) in [6, 6.07) is 15.0. The van der Waals surface area contributed by atoms with Gasteiger partial charge in [-0.05, 0) is 36.8 Å². The minimum atomic E-state index is -1.14. The van der Waals surface area contributed by atoms with Gasteiger partial charge in [0.15, 0.2) is 11.5 Å².